The molecule has 0 saturated carbocycles. The van der Waals surface area contributed by atoms with E-state index in [9.17, 15) is 4.79 Å². The highest BCUT2D eigenvalue weighted by Crippen LogP contribution is 2.32. The van der Waals surface area contributed by atoms with Gasteiger partial charge in [0.05, 0.1) is 5.56 Å². The van der Waals surface area contributed by atoms with Crippen molar-refractivity contribution in [2.24, 2.45) is 5.92 Å². The molecule has 0 fully saturated rings. The summed E-state index contributed by atoms with van der Waals surface area (Å²) in [7, 11) is 0. The third-order valence-corrected chi connectivity index (χ3v) is 5.61. The Kier molecular flexibility index (Phi) is 5.93. The summed E-state index contributed by atoms with van der Waals surface area (Å²) in [5.74, 6) is 1.61. The smallest absolute Gasteiger partial charge is 0.252 e. The van der Waals surface area contributed by atoms with Crippen LogP contribution in [0.5, 0.6) is 0 Å². The normalized spacial score (nSPS) is 19.4. The minimum Gasteiger partial charge on any atom is -0.396 e. The van der Waals surface area contributed by atoms with E-state index in [1.54, 1.807) is 23.1 Å². The molecule has 2 unspecified atom stereocenters. The van der Waals surface area contributed by atoms with Gasteiger partial charge in [0, 0.05) is 28.7 Å². The summed E-state index contributed by atoms with van der Waals surface area (Å²) in [6.07, 6.45) is 5.95. The molecule has 1 aromatic heterocycles. The number of thiophene rings is 1. The van der Waals surface area contributed by atoms with Crippen molar-refractivity contribution in [3.8, 4) is 0 Å². The van der Waals surface area contributed by atoms with E-state index in [2.05, 4.69) is 12.2 Å². The molecular formula is C15H23NO2S2. The van der Waals surface area contributed by atoms with Gasteiger partial charge in [-0.25, -0.2) is 0 Å². The van der Waals surface area contributed by atoms with Gasteiger partial charge in [-0.15, -0.1) is 11.3 Å². The van der Waals surface area contributed by atoms with Crippen LogP contribution in [-0.4, -0.2) is 35.7 Å². The van der Waals surface area contributed by atoms with Gasteiger partial charge in [0.15, 0.2) is 0 Å². The van der Waals surface area contributed by atoms with E-state index >= 15 is 0 Å². The Morgan fingerprint density at radius 2 is 2.45 bits per heavy atom. The largest absolute Gasteiger partial charge is 0.396 e. The first kappa shape index (κ1) is 15.9. The lowest BCUT2D eigenvalue weighted by Crippen LogP contribution is -2.37. The number of fused-ring (bicyclic) bond motifs is 1. The highest BCUT2D eigenvalue weighted by atomic mass is 32.2. The van der Waals surface area contributed by atoms with E-state index in [-0.39, 0.29) is 18.6 Å². The van der Waals surface area contributed by atoms with Crippen LogP contribution in [0.25, 0.3) is 0 Å². The molecule has 5 heteroatoms. The van der Waals surface area contributed by atoms with Crippen LogP contribution in [0, 0.1) is 5.92 Å². The van der Waals surface area contributed by atoms with Gasteiger partial charge in [0.25, 0.3) is 5.91 Å². The molecule has 0 aromatic carbocycles. The number of rotatable bonds is 6. The van der Waals surface area contributed by atoms with Crippen molar-refractivity contribution in [1.29, 1.82) is 0 Å². The van der Waals surface area contributed by atoms with E-state index in [4.69, 9.17) is 5.11 Å². The lowest BCUT2D eigenvalue weighted by Gasteiger charge is -2.20. The fourth-order valence-electron chi connectivity index (χ4n) is 2.69. The number of nitrogens with one attached hydrogen (secondary N) is 1. The van der Waals surface area contributed by atoms with E-state index in [1.165, 1.54) is 16.9 Å². The van der Waals surface area contributed by atoms with E-state index < -0.39 is 0 Å². The lowest BCUT2D eigenvalue weighted by molar-refractivity contribution is 0.0934. The van der Waals surface area contributed by atoms with Crippen LogP contribution in [0.3, 0.4) is 0 Å². The summed E-state index contributed by atoms with van der Waals surface area (Å²) < 4.78 is 0. The van der Waals surface area contributed by atoms with Crippen molar-refractivity contribution in [2.45, 2.75) is 38.6 Å². The predicted octanol–water partition coefficient (Wildman–Crippen LogP) is 2.72. The van der Waals surface area contributed by atoms with Crippen LogP contribution in [0.15, 0.2) is 5.38 Å². The van der Waals surface area contributed by atoms with Crippen molar-refractivity contribution >= 4 is 29.0 Å². The number of hydrogen-bond acceptors (Lipinski definition) is 4. The number of carbonyl (C=O) groups is 1. The zero-order valence-electron chi connectivity index (χ0n) is 12.1. The number of amides is 1. The van der Waals surface area contributed by atoms with Crippen LogP contribution >= 0.6 is 23.1 Å². The fraction of sp³-hybridized carbons (Fsp3) is 0.667. The second-order valence-electron chi connectivity index (χ2n) is 5.54. The maximum Gasteiger partial charge on any atom is 0.252 e. The van der Waals surface area contributed by atoms with Gasteiger partial charge in [0.1, 0.15) is 0 Å². The Balaban J connectivity index is 2.06. The minimum atomic E-state index is 0.0320. The molecule has 1 amide bonds. The number of carbonyl (C=O) groups excluding carboxylic acids is 1. The minimum absolute atomic E-state index is 0.0320. The number of aliphatic hydroxyl groups is 1. The highest BCUT2D eigenvalue weighted by molar-refractivity contribution is 7.98. The van der Waals surface area contributed by atoms with Gasteiger partial charge < -0.3 is 10.4 Å². The predicted molar refractivity (Wildman–Crippen MR) is 86.8 cm³/mol. The third kappa shape index (κ3) is 3.77. The van der Waals surface area contributed by atoms with Crippen molar-refractivity contribution in [3.05, 3.63) is 21.4 Å². The molecule has 20 heavy (non-hydrogen) atoms. The summed E-state index contributed by atoms with van der Waals surface area (Å²) in [5.41, 5.74) is 2.12. The molecule has 0 bridgehead atoms. The molecular weight excluding hydrogens is 290 g/mol. The third-order valence-electron chi connectivity index (χ3n) is 3.83. The summed E-state index contributed by atoms with van der Waals surface area (Å²) in [4.78, 5) is 13.8. The average Bonchev–Trinajstić information content (AvgIpc) is 2.82. The molecule has 112 valence electrons. The van der Waals surface area contributed by atoms with Crippen molar-refractivity contribution in [2.75, 3.05) is 18.6 Å². The second kappa shape index (κ2) is 7.48. The van der Waals surface area contributed by atoms with Crippen LogP contribution in [0.1, 0.15) is 40.6 Å². The molecule has 1 heterocycles. The summed E-state index contributed by atoms with van der Waals surface area (Å²) >= 11 is 3.42. The fourth-order valence-corrected chi connectivity index (χ4v) is 4.58. The van der Waals surface area contributed by atoms with E-state index in [0.717, 1.165) is 30.1 Å². The number of aliphatic hydroxyl groups excluding tert-OH is 1. The summed E-state index contributed by atoms with van der Waals surface area (Å²) in [6.45, 7) is 2.39. The quantitative estimate of drug-likeness (QED) is 0.849. The van der Waals surface area contributed by atoms with Crippen LogP contribution < -0.4 is 5.32 Å². The maximum atomic E-state index is 12.4. The lowest BCUT2D eigenvalue weighted by atomic mass is 9.88. The molecule has 2 N–H and O–H groups in total. The summed E-state index contributed by atoms with van der Waals surface area (Å²) in [5, 5.41) is 14.1. The first-order chi connectivity index (χ1) is 9.65. The van der Waals surface area contributed by atoms with Gasteiger partial charge in [-0.05, 0) is 43.4 Å². The molecule has 0 spiro atoms. The van der Waals surface area contributed by atoms with Gasteiger partial charge in [0.2, 0.25) is 0 Å². The first-order valence-corrected chi connectivity index (χ1v) is 9.43. The molecule has 3 nitrogen and oxygen atoms in total. The standard InChI is InChI=1S/C15H23NO2S2/c1-10-3-4-12-13(9-20-14(12)7-10)15(18)16-11(5-6-17)8-19-2/h9-11,17H,3-8H2,1-2H3,(H,16,18). The molecule has 0 radical (unpaired) electrons. The Morgan fingerprint density at radius 1 is 1.65 bits per heavy atom. The second-order valence-corrected chi connectivity index (χ2v) is 7.41. The van der Waals surface area contributed by atoms with Gasteiger partial charge in [-0.3, -0.25) is 4.79 Å². The molecule has 2 rings (SSSR count). The molecule has 1 aromatic rings. The molecule has 0 saturated heterocycles. The zero-order chi connectivity index (χ0) is 14.5. The Hall–Kier alpha value is -0.520. The van der Waals surface area contributed by atoms with Gasteiger partial charge in [-0.2, -0.15) is 11.8 Å². The molecule has 1 aliphatic carbocycles. The first-order valence-electron chi connectivity index (χ1n) is 7.15. The van der Waals surface area contributed by atoms with Crippen LogP contribution in [0.4, 0.5) is 0 Å². The average molecular weight is 313 g/mol. The molecule has 0 aliphatic heterocycles. The van der Waals surface area contributed by atoms with Crippen molar-refractivity contribution in [1.82, 2.24) is 5.32 Å². The highest BCUT2D eigenvalue weighted by Gasteiger charge is 2.24. The Bertz CT molecular complexity index is 453. The molecule has 2 atom stereocenters. The van der Waals surface area contributed by atoms with Gasteiger partial charge in [-0.1, -0.05) is 6.92 Å². The van der Waals surface area contributed by atoms with Gasteiger partial charge >= 0.3 is 0 Å². The van der Waals surface area contributed by atoms with Crippen molar-refractivity contribution in [3.63, 3.8) is 0 Å². The van der Waals surface area contributed by atoms with E-state index in [1.807, 2.05) is 11.6 Å². The van der Waals surface area contributed by atoms with Crippen LogP contribution in [0.2, 0.25) is 0 Å². The molecule has 1 aliphatic rings. The number of hydrogen-bond donors (Lipinski definition) is 2. The SMILES string of the molecule is CSCC(CCO)NC(=O)c1csc2c1CCC(C)C2. The Morgan fingerprint density at radius 3 is 3.15 bits per heavy atom. The van der Waals surface area contributed by atoms with E-state index in [0.29, 0.717) is 6.42 Å². The summed E-state index contributed by atoms with van der Waals surface area (Å²) in [6, 6.07) is 0.0561. The van der Waals surface area contributed by atoms with Crippen LogP contribution in [-0.2, 0) is 12.8 Å². The zero-order valence-corrected chi connectivity index (χ0v) is 13.8. The maximum absolute atomic E-state index is 12.4. The number of thioether (sulfide) groups is 1. The monoisotopic (exact) mass is 313 g/mol. The Labute approximate surface area is 129 Å². The topological polar surface area (TPSA) is 49.3 Å². The van der Waals surface area contributed by atoms with Crippen molar-refractivity contribution < 1.29 is 9.90 Å².